The molecule has 0 aromatic carbocycles. The lowest BCUT2D eigenvalue weighted by molar-refractivity contribution is 0.566. The van der Waals surface area contributed by atoms with E-state index in [0.717, 1.165) is 22.9 Å². The summed E-state index contributed by atoms with van der Waals surface area (Å²) < 4.78 is 0. The number of thioether (sulfide) groups is 1. The third-order valence-electron chi connectivity index (χ3n) is 2.24. The van der Waals surface area contributed by atoms with Gasteiger partial charge in [-0.15, -0.1) is 11.3 Å². The average molecular weight is 244 g/mol. The maximum Gasteiger partial charge on any atom is 0.110 e. The van der Waals surface area contributed by atoms with E-state index < -0.39 is 0 Å². The van der Waals surface area contributed by atoms with Crippen molar-refractivity contribution in [2.24, 2.45) is 5.73 Å². The van der Waals surface area contributed by atoms with E-state index in [1.54, 1.807) is 11.3 Å². The van der Waals surface area contributed by atoms with E-state index in [4.69, 9.17) is 5.73 Å². The lowest BCUT2D eigenvalue weighted by Gasteiger charge is -2.14. The topological polar surface area (TPSA) is 38.9 Å². The molecule has 0 saturated heterocycles. The minimum atomic E-state index is 0.110. The minimum Gasteiger partial charge on any atom is -0.322 e. The normalized spacial score (nSPS) is 14.2. The van der Waals surface area contributed by atoms with Gasteiger partial charge in [0.15, 0.2) is 0 Å². The highest BCUT2D eigenvalue weighted by Gasteiger charge is 2.19. The van der Waals surface area contributed by atoms with Crippen molar-refractivity contribution in [1.29, 1.82) is 0 Å². The Labute approximate surface area is 101 Å². The van der Waals surface area contributed by atoms with Gasteiger partial charge in [0, 0.05) is 10.8 Å². The fraction of sp³-hybridized carbons (Fsp3) is 0.727. The minimum absolute atomic E-state index is 0.110. The molecule has 0 spiro atoms. The average Bonchev–Trinajstić information content (AvgIpc) is 2.62. The fourth-order valence-corrected chi connectivity index (χ4v) is 2.74. The van der Waals surface area contributed by atoms with Gasteiger partial charge in [-0.3, -0.25) is 0 Å². The van der Waals surface area contributed by atoms with Gasteiger partial charge in [0.05, 0.1) is 11.7 Å². The molecule has 2 N–H and O–H groups in total. The SMILES string of the molecule is CSCCC(N)c1nc(C(C)(C)C)cs1. The van der Waals surface area contributed by atoms with Crippen LogP contribution in [0.2, 0.25) is 0 Å². The number of hydrogen-bond donors (Lipinski definition) is 1. The first-order valence-corrected chi connectivity index (χ1v) is 7.43. The number of aromatic nitrogens is 1. The van der Waals surface area contributed by atoms with Crippen molar-refractivity contribution in [1.82, 2.24) is 4.98 Å². The third kappa shape index (κ3) is 3.78. The van der Waals surface area contributed by atoms with Crippen LogP contribution in [-0.4, -0.2) is 17.0 Å². The van der Waals surface area contributed by atoms with Crippen LogP contribution in [0.4, 0.5) is 0 Å². The molecule has 2 nitrogen and oxygen atoms in total. The first-order chi connectivity index (χ1) is 6.95. The van der Waals surface area contributed by atoms with Crippen LogP contribution in [0.25, 0.3) is 0 Å². The summed E-state index contributed by atoms with van der Waals surface area (Å²) in [4.78, 5) is 4.62. The summed E-state index contributed by atoms with van der Waals surface area (Å²) in [5.41, 5.74) is 7.36. The lowest BCUT2D eigenvalue weighted by Crippen LogP contribution is -2.14. The molecular weight excluding hydrogens is 224 g/mol. The number of nitrogens with two attached hydrogens (primary N) is 1. The zero-order valence-electron chi connectivity index (χ0n) is 9.91. The molecule has 15 heavy (non-hydrogen) atoms. The molecule has 1 unspecified atom stereocenters. The fourth-order valence-electron chi connectivity index (χ4n) is 1.17. The molecule has 0 bridgehead atoms. The molecule has 1 aromatic rings. The van der Waals surface area contributed by atoms with Crippen LogP contribution in [0, 0.1) is 0 Å². The van der Waals surface area contributed by atoms with Crippen molar-refractivity contribution >= 4 is 23.1 Å². The first kappa shape index (κ1) is 13.0. The molecular formula is C11H20N2S2. The maximum atomic E-state index is 6.07. The molecule has 4 heteroatoms. The van der Waals surface area contributed by atoms with Gasteiger partial charge in [0.2, 0.25) is 0 Å². The number of rotatable bonds is 4. The second-order valence-electron chi connectivity index (χ2n) is 4.71. The van der Waals surface area contributed by atoms with Gasteiger partial charge >= 0.3 is 0 Å². The van der Waals surface area contributed by atoms with Crippen LogP contribution in [0.3, 0.4) is 0 Å². The molecule has 0 radical (unpaired) electrons. The molecule has 1 aromatic heterocycles. The molecule has 0 amide bonds. The molecule has 0 fully saturated rings. The molecule has 1 rings (SSSR count). The summed E-state index contributed by atoms with van der Waals surface area (Å²) in [5, 5.41) is 3.21. The molecule has 86 valence electrons. The Bertz CT molecular complexity index is 302. The van der Waals surface area contributed by atoms with E-state index >= 15 is 0 Å². The second-order valence-corrected chi connectivity index (χ2v) is 6.58. The van der Waals surface area contributed by atoms with Crippen molar-refractivity contribution in [3.63, 3.8) is 0 Å². The Balaban J connectivity index is 2.67. The highest BCUT2D eigenvalue weighted by Crippen LogP contribution is 2.27. The predicted octanol–water partition coefficient (Wildman–Crippen LogP) is 3.19. The van der Waals surface area contributed by atoms with Crippen molar-refractivity contribution in [3.8, 4) is 0 Å². The molecule has 0 aliphatic carbocycles. The van der Waals surface area contributed by atoms with Crippen LogP contribution in [0.1, 0.15) is 43.9 Å². The van der Waals surface area contributed by atoms with Crippen molar-refractivity contribution in [2.45, 2.75) is 38.6 Å². The summed E-state index contributed by atoms with van der Waals surface area (Å²) in [5.74, 6) is 1.10. The van der Waals surface area contributed by atoms with E-state index in [1.807, 2.05) is 11.8 Å². The highest BCUT2D eigenvalue weighted by molar-refractivity contribution is 7.98. The number of nitrogens with zero attached hydrogens (tertiary/aromatic N) is 1. The Morgan fingerprint density at radius 1 is 1.53 bits per heavy atom. The van der Waals surface area contributed by atoms with Gasteiger partial charge in [-0.05, 0) is 18.4 Å². The van der Waals surface area contributed by atoms with Gasteiger partial charge in [0.1, 0.15) is 5.01 Å². The second kappa shape index (κ2) is 5.32. The Hall–Kier alpha value is -0.0600. The summed E-state index contributed by atoms with van der Waals surface area (Å²) >= 11 is 3.52. The smallest absolute Gasteiger partial charge is 0.110 e. The van der Waals surface area contributed by atoms with Gasteiger partial charge in [-0.1, -0.05) is 20.8 Å². The highest BCUT2D eigenvalue weighted by atomic mass is 32.2. The van der Waals surface area contributed by atoms with Crippen LogP contribution >= 0.6 is 23.1 Å². The van der Waals surface area contributed by atoms with Crippen molar-refractivity contribution in [3.05, 3.63) is 16.1 Å². The van der Waals surface area contributed by atoms with Gasteiger partial charge in [-0.2, -0.15) is 11.8 Å². The van der Waals surface area contributed by atoms with Crippen LogP contribution in [0.15, 0.2) is 5.38 Å². The molecule has 1 heterocycles. The Morgan fingerprint density at radius 3 is 2.67 bits per heavy atom. The van der Waals surface area contributed by atoms with Gasteiger partial charge in [-0.25, -0.2) is 4.98 Å². The van der Waals surface area contributed by atoms with Crippen LogP contribution in [-0.2, 0) is 5.41 Å². The number of hydrogen-bond acceptors (Lipinski definition) is 4. The standard InChI is InChI=1S/C11H20N2S2/c1-11(2,3)9-7-15-10(13-9)8(12)5-6-14-4/h7-8H,5-6,12H2,1-4H3. The van der Waals surface area contributed by atoms with Crippen molar-refractivity contribution in [2.75, 3.05) is 12.0 Å². The summed E-state index contributed by atoms with van der Waals surface area (Å²) in [6, 6.07) is 0.110. The van der Waals surface area contributed by atoms with E-state index in [1.165, 1.54) is 0 Å². The van der Waals surface area contributed by atoms with Crippen molar-refractivity contribution < 1.29 is 0 Å². The van der Waals surface area contributed by atoms with Gasteiger partial charge < -0.3 is 5.73 Å². The lowest BCUT2D eigenvalue weighted by atomic mass is 9.93. The third-order valence-corrected chi connectivity index (χ3v) is 3.86. The van der Waals surface area contributed by atoms with E-state index in [2.05, 4.69) is 37.4 Å². The summed E-state index contributed by atoms with van der Waals surface area (Å²) in [6.07, 6.45) is 3.12. The van der Waals surface area contributed by atoms with E-state index in [0.29, 0.717) is 0 Å². The van der Waals surface area contributed by atoms with Crippen LogP contribution < -0.4 is 5.73 Å². The van der Waals surface area contributed by atoms with E-state index in [9.17, 15) is 0 Å². The number of thiazole rings is 1. The summed E-state index contributed by atoms with van der Waals surface area (Å²) in [6.45, 7) is 6.54. The maximum absolute atomic E-state index is 6.07. The zero-order valence-corrected chi connectivity index (χ0v) is 11.5. The molecule has 1 atom stereocenters. The molecule has 0 aliphatic rings. The van der Waals surface area contributed by atoms with E-state index in [-0.39, 0.29) is 11.5 Å². The molecule has 0 aliphatic heterocycles. The summed E-state index contributed by atoms with van der Waals surface area (Å²) in [7, 11) is 0. The quantitative estimate of drug-likeness (QED) is 0.884. The Kier molecular flexibility index (Phi) is 4.62. The predicted molar refractivity (Wildman–Crippen MR) is 70.7 cm³/mol. The molecule has 0 saturated carbocycles. The zero-order chi connectivity index (χ0) is 11.5. The first-order valence-electron chi connectivity index (χ1n) is 5.15. The monoisotopic (exact) mass is 244 g/mol. The van der Waals surface area contributed by atoms with Gasteiger partial charge in [0.25, 0.3) is 0 Å². The largest absolute Gasteiger partial charge is 0.322 e. The van der Waals surface area contributed by atoms with Crippen LogP contribution in [0.5, 0.6) is 0 Å². The Morgan fingerprint density at radius 2 is 2.20 bits per heavy atom.